The van der Waals surface area contributed by atoms with Gasteiger partial charge in [-0.05, 0) is 11.1 Å². The summed E-state index contributed by atoms with van der Waals surface area (Å²) >= 11 is 5.85. The molecule has 2 nitrogen and oxygen atoms in total. The lowest BCUT2D eigenvalue weighted by Gasteiger charge is -2.06. The summed E-state index contributed by atoms with van der Waals surface area (Å²) in [5.74, 6) is 0. The number of hydrogen-bond acceptors (Lipinski definition) is 2. The van der Waals surface area contributed by atoms with Crippen LogP contribution >= 0.6 is 11.6 Å². The van der Waals surface area contributed by atoms with E-state index in [0.717, 1.165) is 16.7 Å². The molecule has 0 bridgehead atoms. The van der Waals surface area contributed by atoms with E-state index in [4.69, 9.17) is 16.8 Å². The van der Waals surface area contributed by atoms with E-state index in [0.29, 0.717) is 0 Å². The molecular weight excluding hydrogens is 222 g/mol. The number of hydrogen-bond donors (Lipinski definition) is 1. The quantitative estimate of drug-likeness (QED) is 0.477. The summed E-state index contributed by atoms with van der Waals surface area (Å²) in [5.41, 5.74) is 2.71. The maximum absolute atomic E-state index is 8.72. The van der Waals surface area contributed by atoms with Crippen LogP contribution in [-0.2, 0) is 0 Å². The monoisotopic (exact) mass is 231 g/mol. The van der Waals surface area contributed by atoms with Gasteiger partial charge in [0, 0.05) is 5.56 Å². The minimum Gasteiger partial charge on any atom is -0.410 e. The number of nitrogens with zero attached hydrogens (tertiary/aromatic N) is 1. The highest BCUT2D eigenvalue weighted by Crippen LogP contribution is 2.24. The number of oxime groups is 1. The van der Waals surface area contributed by atoms with Crippen LogP contribution in [0.4, 0.5) is 0 Å². The maximum Gasteiger partial charge on any atom is 0.175 e. The topological polar surface area (TPSA) is 32.6 Å². The largest absolute Gasteiger partial charge is 0.410 e. The van der Waals surface area contributed by atoms with Crippen LogP contribution in [0.3, 0.4) is 0 Å². The maximum atomic E-state index is 8.72. The van der Waals surface area contributed by atoms with Gasteiger partial charge in [-0.3, -0.25) is 0 Å². The van der Waals surface area contributed by atoms with Gasteiger partial charge in [0.2, 0.25) is 0 Å². The van der Waals surface area contributed by atoms with Crippen molar-refractivity contribution in [2.24, 2.45) is 5.16 Å². The Hall–Kier alpha value is -1.80. The van der Waals surface area contributed by atoms with Crippen LogP contribution in [0.25, 0.3) is 11.1 Å². The van der Waals surface area contributed by atoms with Crippen LogP contribution in [0.1, 0.15) is 5.56 Å². The molecule has 0 saturated heterocycles. The average Bonchev–Trinajstić information content (AvgIpc) is 2.39. The van der Waals surface area contributed by atoms with Gasteiger partial charge in [-0.15, -0.1) is 0 Å². The van der Waals surface area contributed by atoms with Crippen LogP contribution in [0.2, 0.25) is 0 Å². The summed E-state index contributed by atoms with van der Waals surface area (Å²) in [5, 5.41) is 11.8. The van der Waals surface area contributed by atoms with E-state index in [-0.39, 0.29) is 5.17 Å². The summed E-state index contributed by atoms with van der Waals surface area (Å²) in [6.45, 7) is 0. The van der Waals surface area contributed by atoms with Gasteiger partial charge in [0.25, 0.3) is 0 Å². The molecule has 0 aliphatic heterocycles. The number of benzene rings is 2. The van der Waals surface area contributed by atoms with Gasteiger partial charge >= 0.3 is 0 Å². The number of halogens is 1. The third-order valence-electron chi connectivity index (χ3n) is 2.32. The molecule has 2 aromatic rings. The van der Waals surface area contributed by atoms with Gasteiger partial charge in [0.15, 0.2) is 5.17 Å². The molecule has 0 amide bonds. The van der Waals surface area contributed by atoms with Gasteiger partial charge in [0.05, 0.1) is 0 Å². The van der Waals surface area contributed by atoms with Crippen molar-refractivity contribution in [1.29, 1.82) is 0 Å². The van der Waals surface area contributed by atoms with E-state index in [1.807, 2.05) is 54.6 Å². The SMILES string of the molecule is ON=C(Cl)c1ccccc1-c1ccccc1. The van der Waals surface area contributed by atoms with Crippen LogP contribution in [0, 0.1) is 0 Å². The normalized spacial score (nSPS) is 11.4. The zero-order chi connectivity index (χ0) is 11.4. The summed E-state index contributed by atoms with van der Waals surface area (Å²) in [6, 6.07) is 17.4. The smallest absolute Gasteiger partial charge is 0.175 e. The Morgan fingerprint density at radius 3 is 2.25 bits per heavy atom. The van der Waals surface area contributed by atoms with Crippen molar-refractivity contribution >= 4 is 16.8 Å². The Kier molecular flexibility index (Phi) is 3.22. The molecule has 0 fully saturated rings. The first-order chi connectivity index (χ1) is 7.83. The van der Waals surface area contributed by atoms with E-state index in [9.17, 15) is 0 Å². The van der Waals surface area contributed by atoms with Crippen molar-refractivity contribution in [1.82, 2.24) is 0 Å². The van der Waals surface area contributed by atoms with Gasteiger partial charge in [-0.1, -0.05) is 71.4 Å². The minimum atomic E-state index is 0.0967. The van der Waals surface area contributed by atoms with E-state index >= 15 is 0 Å². The molecule has 0 aliphatic rings. The molecule has 0 aliphatic carbocycles. The Labute approximate surface area is 98.8 Å². The van der Waals surface area contributed by atoms with Crippen molar-refractivity contribution in [2.75, 3.05) is 0 Å². The van der Waals surface area contributed by atoms with Crippen LogP contribution in [-0.4, -0.2) is 10.4 Å². The first kappa shape index (κ1) is 10.7. The number of rotatable bonds is 2. The third-order valence-corrected chi connectivity index (χ3v) is 2.60. The van der Waals surface area contributed by atoms with E-state index < -0.39 is 0 Å². The van der Waals surface area contributed by atoms with Gasteiger partial charge in [-0.25, -0.2) is 0 Å². The summed E-state index contributed by atoms with van der Waals surface area (Å²) in [6.07, 6.45) is 0. The lowest BCUT2D eigenvalue weighted by molar-refractivity contribution is 0.321. The summed E-state index contributed by atoms with van der Waals surface area (Å²) in [4.78, 5) is 0. The molecule has 0 saturated carbocycles. The fraction of sp³-hybridized carbons (Fsp3) is 0. The third kappa shape index (κ3) is 2.07. The molecule has 1 N–H and O–H groups in total. The first-order valence-electron chi connectivity index (χ1n) is 4.85. The van der Waals surface area contributed by atoms with Crippen molar-refractivity contribution < 1.29 is 5.21 Å². The van der Waals surface area contributed by atoms with E-state index in [1.165, 1.54) is 0 Å². The molecule has 0 heterocycles. The summed E-state index contributed by atoms with van der Waals surface area (Å²) < 4.78 is 0. The molecule has 2 aromatic carbocycles. The second kappa shape index (κ2) is 4.81. The highest BCUT2D eigenvalue weighted by molar-refractivity contribution is 6.70. The summed E-state index contributed by atoms with van der Waals surface area (Å²) in [7, 11) is 0. The van der Waals surface area contributed by atoms with E-state index in [2.05, 4.69) is 5.16 Å². The minimum absolute atomic E-state index is 0.0967. The van der Waals surface area contributed by atoms with Crippen molar-refractivity contribution in [3.05, 3.63) is 60.2 Å². The van der Waals surface area contributed by atoms with Crippen LogP contribution in [0.15, 0.2) is 59.8 Å². The predicted octanol–water partition coefficient (Wildman–Crippen LogP) is 3.73. The highest BCUT2D eigenvalue weighted by atomic mass is 35.5. The average molecular weight is 232 g/mol. The van der Waals surface area contributed by atoms with Gasteiger partial charge in [-0.2, -0.15) is 0 Å². The van der Waals surface area contributed by atoms with Crippen LogP contribution < -0.4 is 0 Å². The second-order valence-corrected chi connectivity index (χ2v) is 3.66. The molecule has 3 heteroatoms. The standard InChI is InChI=1S/C13H10ClNO/c14-13(15-16)12-9-5-4-8-11(12)10-6-2-1-3-7-10/h1-9,16H. The first-order valence-corrected chi connectivity index (χ1v) is 5.23. The molecule has 80 valence electrons. The molecule has 16 heavy (non-hydrogen) atoms. The van der Waals surface area contributed by atoms with Crippen molar-refractivity contribution in [3.8, 4) is 11.1 Å². The zero-order valence-corrected chi connectivity index (χ0v) is 9.22. The molecular formula is C13H10ClNO. The zero-order valence-electron chi connectivity index (χ0n) is 8.47. The Morgan fingerprint density at radius 1 is 0.938 bits per heavy atom. The Balaban J connectivity index is 2.58. The molecule has 0 radical (unpaired) electrons. The fourth-order valence-corrected chi connectivity index (χ4v) is 1.75. The van der Waals surface area contributed by atoms with Crippen LogP contribution in [0.5, 0.6) is 0 Å². The van der Waals surface area contributed by atoms with Gasteiger partial charge in [0.1, 0.15) is 0 Å². The van der Waals surface area contributed by atoms with Gasteiger partial charge < -0.3 is 5.21 Å². The molecule has 2 rings (SSSR count). The lowest BCUT2D eigenvalue weighted by atomic mass is 10.0. The fourth-order valence-electron chi connectivity index (χ4n) is 1.59. The van der Waals surface area contributed by atoms with Crippen molar-refractivity contribution in [2.45, 2.75) is 0 Å². The van der Waals surface area contributed by atoms with E-state index in [1.54, 1.807) is 0 Å². The Morgan fingerprint density at radius 2 is 1.56 bits per heavy atom. The molecule has 0 atom stereocenters. The Bertz CT molecular complexity index is 508. The molecule has 0 unspecified atom stereocenters. The molecule has 0 aromatic heterocycles. The lowest BCUT2D eigenvalue weighted by Crippen LogP contribution is -1.94. The second-order valence-electron chi connectivity index (χ2n) is 3.30. The predicted molar refractivity (Wildman–Crippen MR) is 66.1 cm³/mol. The highest BCUT2D eigenvalue weighted by Gasteiger charge is 2.08. The van der Waals surface area contributed by atoms with Crippen molar-refractivity contribution in [3.63, 3.8) is 0 Å². The molecule has 0 spiro atoms.